The zero-order chi connectivity index (χ0) is 14.7. The molecule has 21 heavy (non-hydrogen) atoms. The topological polar surface area (TPSA) is 32.7 Å². The zero-order valence-electron chi connectivity index (χ0n) is 13.7. The highest BCUT2D eigenvalue weighted by atomic mass is 16.5. The molecule has 3 fully saturated rings. The van der Waals surface area contributed by atoms with Crippen LogP contribution in [0.1, 0.15) is 51.9 Å². The van der Waals surface area contributed by atoms with Crippen LogP contribution in [-0.2, 0) is 4.74 Å². The van der Waals surface area contributed by atoms with Crippen LogP contribution in [0.15, 0.2) is 0 Å². The summed E-state index contributed by atoms with van der Waals surface area (Å²) in [4.78, 5) is 2.39. The number of piperidine rings is 1. The molecule has 122 valence electrons. The van der Waals surface area contributed by atoms with Crippen LogP contribution >= 0.6 is 0 Å². The summed E-state index contributed by atoms with van der Waals surface area (Å²) in [6.07, 6.45) is 9.34. The highest BCUT2D eigenvalue weighted by Gasteiger charge is 2.38. The molecule has 3 heteroatoms. The molecular weight excluding hydrogens is 262 g/mol. The Kier molecular flexibility index (Phi) is 5.58. The summed E-state index contributed by atoms with van der Waals surface area (Å²) in [6, 6.07) is 0. The van der Waals surface area contributed by atoms with Crippen LogP contribution in [0.3, 0.4) is 0 Å². The van der Waals surface area contributed by atoms with E-state index in [2.05, 4.69) is 11.8 Å². The average molecular weight is 295 g/mol. The Balaban J connectivity index is 1.24. The quantitative estimate of drug-likeness (QED) is 0.733. The monoisotopic (exact) mass is 295 g/mol. The van der Waals surface area contributed by atoms with E-state index >= 15 is 0 Å². The molecule has 0 radical (unpaired) electrons. The summed E-state index contributed by atoms with van der Waals surface area (Å²) >= 11 is 0. The van der Waals surface area contributed by atoms with Crippen molar-refractivity contribution in [3.05, 3.63) is 0 Å². The Morgan fingerprint density at radius 2 is 1.95 bits per heavy atom. The second-order valence-corrected chi connectivity index (χ2v) is 7.94. The number of β-amino-alcohol motifs (C(OH)–C–C–N with tert-alkyl or cyclic N) is 1. The number of rotatable bonds is 7. The van der Waals surface area contributed by atoms with Crippen molar-refractivity contribution < 1.29 is 9.84 Å². The van der Waals surface area contributed by atoms with E-state index in [1.54, 1.807) is 0 Å². The van der Waals surface area contributed by atoms with Crippen molar-refractivity contribution >= 4 is 0 Å². The lowest BCUT2D eigenvalue weighted by Gasteiger charge is -2.31. The minimum Gasteiger partial charge on any atom is -0.389 e. The fourth-order valence-electron chi connectivity index (χ4n) is 4.78. The van der Waals surface area contributed by atoms with Crippen LogP contribution in [0.4, 0.5) is 0 Å². The Hall–Kier alpha value is -0.120. The van der Waals surface area contributed by atoms with E-state index in [0.717, 1.165) is 49.9 Å². The molecule has 3 rings (SSSR count). The fraction of sp³-hybridized carbons (Fsp3) is 1.00. The van der Waals surface area contributed by atoms with E-state index in [-0.39, 0.29) is 6.10 Å². The molecule has 1 N–H and O–H groups in total. The Morgan fingerprint density at radius 3 is 2.62 bits per heavy atom. The normalized spacial score (nSPS) is 35.4. The van der Waals surface area contributed by atoms with Crippen LogP contribution in [-0.4, -0.2) is 49.0 Å². The molecule has 4 atom stereocenters. The van der Waals surface area contributed by atoms with Crippen molar-refractivity contribution in [2.24, 2.45) is 23.7 Å². The van der Waals surface area contributed by atoms with Gasteiger partial charge in [0.15, 0.2) is 0 Å². The number of hydrogen-bond acceptors (Lipinski definition) is 3. The maximum Gasteiger partial charge on any atom is 0.0900 e. The summed E-state index contributed by atoms with van der Waals surface area (Å²) in [5.74, 6) is 3.81. The third kappa shape index (κ3) is 4.43. The molecule has 0 aromatic carbocycles. The Labute approximate surface area is 130 Å². The number of fused-ring (bicyclic) bond motifs is 2. The summed E-state index contributed by atoms with van der Waals surface area (Å²) in [7, 11) is 0. The predicted molar refractivity (Wildman–Crippen MR) is 85.2 cm³/mol. The lowest BCUT2D eigenvalue weighted by molar-refractivity contribution is 0.00593. The van der Waals surface area contributed by atoms with Crippen molar-refractivity contribution in [1.29, 1.82) is 0 Å². The van der Waals surface area contributed by atoms with Gasteiger partial charge < -0.3 is 14.7 Å². The van der Waals surface area contributed by atoms with Gasteiger partial charge >= 0.3 is 0 Å². The van der Waals surface area contributed by atoms with Gasteiger partial charge in [-0.3, -0.25) is 0 Å². The first-order valence-corrected chi connectivity index (χ1v) is 9.19. The summed E-state index contributed by atoms with van der Waals surface area (Å²) in [5, 5.41) is 10.1. The molecule has 2 saturated carbocycles. The van der Waals surface area contributed by atoms with Gasteiger partial charge in [0, 0.05) is 13.2 Å². The first-order chi connectivity index (χ1) is 10.2. The predicted octanol–water partition coefficient (Wildman–Crippen LogP) is 2.92. The van der Waals surface area contributed by atoms with Crippen LogP contribution in [0.2, 0.25) is 0 Å². The first kappa shape index (κ1) is 15.8. The second-order valence-electron chi connectivity index (χ2n) is 7.94. The molecule has 3 nitrogen and oxygen atoms in total. The molecule has 0 aromatic heterocycles. The van der Waals surface area contributed by atoms with E-state index in [4.69, 9.17) is 4.74 Å². The van der Waals surface area contributed by atoms with Crippen LogP contribution in [0.25, 0.3) is 0 Å². The summed E-state index contributed by atoms with van der Waals surface area (Å²) in [6.45, 7) is 6.77. The third-order valence-electron chi connectivity index (χ3n) is 6.17. The summed E-state index contributed by atoms with van der Waals surface area (Å²) in [5.41, 5.74) is 0. The van der Waals surface area contributed by atoms with Gasteiger partial charge in [-0.2, -0.15) is 0 Å². The van der Waals surface area contributed by atoms with E-state index in [0.29, 0.717) is 6.61 Å². The average Bonchev–Trinajstić information content (AvgIpc) is 3.09. The number of hydrogen-bond donors (Lipinski definition) is 1. The van der Waals surface area contributed by atoms with E-state index < -0.39 is 0 Å². The molecule has 0 aromatic rings. The van der Waals surface area contributed by atoms with Crippen LogP contribution < -0.4 is 0 Å². The fourth-order valence-corrected chi connectivity index (χ4v) is 4.78. The maximum absolute atomic E-state index is 10.1. The van der Waals surface area contributed by atoms with E-state index in [1.807, 2.05) is 0 Å². The Bertz CT molecular complexity index is 314. The van der Waals surface area contributed by atoms with Crippen molar-refractivity contribution in [1.82, 2.24) is 4.90 Å². The van der Waals surface area contributed by atoms with Gasteiger partial charge in [-0.05, 0) is 75.3 Å². The van der Waals surface area contributed by atoms with E-state index in [9.17, 15) is 5.11 Å². The standard InChI is InChI=1S/C18H33NO2/c1-14-4-7-19(8-5-14)12-18(20)13-21-9-6-17-11-15-2-3-16(17)10-15/h14-18,20H,2-13H2,1H3/t15-,16-,17-,18-/m1/s1. The highest BCUT2D eigenvalue weighted by molar-refractivity contribution is 4.89. The molecule has 1 saturated heterocycles. The molecule has 2 aliphatic carbocycles. The molecule has 1 heterocycles. The van der Waals surface area contributed by atoms with E-state index in [1.165, 1.54) is 44.9 Å². The SMILES string of the molecule is CC1CCN(C[C@@H](O)COCC[C@@H]2C[C@@H]3CC[C@@H]2C3)CC1. The van der Waals surface area contributed by atoms with Gasteiger partial charge in [0.1, 0.15) is 0 Å². The summed E-state index contributed by atoms with van der Waals surface area (Å²) < 4.78 is 5.75. The van der Waals surface area contributed by atoms with Gasteiger partial charge in [-0.1, -0.05) is 13.3 Å². The van der Waals surface area contributed by atoms with Gasteiger partial charge in [0.25, 0.3) is 0 Å². The second kappa shape index (κ2) is 7.43. The molecule has 0 spiro atoms. The number of aliphatic hydroxyl groups excluding tert-OH is 1. The lowest BCUT2D eigenvalue weighted by atomic mass is 9.87. The lowest BCUT2D eigenvalue weighted by Crippen LogP contribution is -2.39. The zero-order valence-corrected chi connectivity index (χ0v) is 13.7. The number of nitrogens with zero attached hydrogens (tertiary/aromatic N) is 1. The minimum absolute atomic E-state index is 0.307. The Morgan fingerprint density at radius 1 is 1.14 bits per heavy atom. The van der Waals surface area contributed by atoms with Gasteiger partial charge in [-0.15, -0.1) is 0 Å². The van der Waals surface area contributed by atoms with Crippen LogP contribution in [0, 0.1) is 23.7 Å². The molecule has 0 amide bonds. The van der Waals surface area contributed by atoms with Crippen molar-refractivity contribution in [2.45, 2.75) is 58.0 Å². The molecule has 0 unspecified atom stereocenters. The first-order valence-electron chi connectivity index (χ1n) is 9.19. The molecular formula is C18H33NO2. The number of likely N-dealkylation sites (tertiary alicyclic amines) is 1. The molecule has 2 bridgehead atoms. The molecule has 1 aliphatic heterocycles. The smallest absolute Gasteiger partial charge is 0.0900 e. The van der Waals surface area contributed by atoms with Crippen molar-refractivity contribution in [2.75, 3.05) is 32.8 Å². The van der Waals surface area contributed by atoms with Gasteiger partial charge in [0.05, 0.1) is 12.7 Å². The number of ether oxygens (including phenoxy) is 1. The molecule has 3 aliphatic rings. The third-order valence-corrected chi connectivity index (χ3v) is 6.17. The highest BCUT2D eigenvalue weighted by Crippen LogP contribution is 2.49. The largest absolute Gasteiger partial charge is 0.389 e. The number of aliphatic hydroxyl groups is 1. The van der Waals surface area contributed by atoms with Crippen molar-refractivity contribution in [3.8, 4) is 0 Å². The maximum atomic E-state index is 10.1. The van der Waals surface area contributed by atoms with Gasteiger partial charge in [0.2, 0.25) is 0 Å². The van der Waals surface area contributed by atoms with Crippen LogP contribution in [0.5, 0.6) is 0 Å². The van der Waals surface area contributed by atoms with Crippen molar-refractivity contribution in [3.63, 3.8) is 0 Å². The van der Waals surface area contributed by atoms with Gasteiger partial charge in [-0.25, -0.2) is 0 Å². The minimum atomic E-state index is -0.307.